The van der Waals surface area contributed by atoms with Crippen LogP contribution in [0.25, 0.3) is 0 Å². The van der Waals surface area contributed by atoms with Gasteiger partial charge in [0.2, 0.25) is 5.88 Å². The molecule has 0 saturated heterocycles. The van der Waals surface area contributed by atoms with Crippen molar-refractivity contribution in [3.05, 3.63) is 70.7 Å². The summed E-state index contributed by atoms with van der Waals surface area (Å²) in [7, 11) is 0. The number of benzene rings is 1. The first kappa shape index (κ1) is 26.8. The Hall–Kier alpha value is -3.26. The molecule has 0 spiro atoms. The first-order valence-corrected chi connectivity index (χ1v) is 13.1. The molecular weight excluding hydrogens is 466 g/mol. The highest BCUT2D eigenvalue weighted by Crippen LogP contribution is 2.40. The number of nitrogens with zero attached hydrogens (tertiary/aromatic N) is 5. The molecule has 1 aliphatic rings. The molecule has 198 valence electrons. The predicted octanol–water partition coefficient (Wildman–Crippen LogP) is 5.00. The Labute approximate surface area is 219 Å². The van der Waals surface area contributed by atoms with Crippen molar-refractivity contribution < 1.29 is 14.6 Å². The molecule has 3 heterocycles. The number of hydrogen-bond donors (Lipinski definition) is 1. The monoisotopic (exact) mass is 505 g/mol. The van der Waals surface area contributed by atoms with Gasteiger partial charge in [-0.2, -0.15) is 0 Å². The van der Waals surface area contributed by atoms with Crippen LogP contribution in [0.4, 0.5) is 0 Å². The predicted molar refractivity (Wildman–Crippen MR) is 142 cm³/mol. The van der Waals surface area contributed by atoms with Crippen LogP contribution in [-0.2, 0) is 30.8 Å². The number of carboxylic acids is 1. The van der Waals surface area contributed by atoms with Crippen molar-refractivity contribution >= 4 is 5.97 Å². The molecular formula is C29H39N5O3. The summed E-state index contributed by atoms with van der Waals surface area (Å²) in [5.41, 5.74) is 4.08. The standard InChI is InChI=1S/C29H39N5O3/c1-7-34-18-24(31-32-34)12-13-25(29(5,6)27(35)36)21-11-10-20(2)23(15-21)17-33-16-22-9-8-14-30-26(22)37-28(3,4)19-33/h8-11,14-15,18,25H,7,12-13,16-17,19H2,1-6H3,(H,35,36). The van der Waals surface area contributed by atoms with Gasteiger partial charge in [-0.1, -0.05) is 29.5 Å². The van der Waals surface area contributed by atoms with Crippen LogP contribution in [0, 0.1) is 12.3 Å². The van der Waals surface area contributed by atoms with Gasteiger partial charge in [-0.15, -0.1) is 5.10 Å². The van der Waals surface area contributed by atoms with Crippen molar-refractivity contribution in [2.75, 3.05) is 6.54 Å². The lowest BCUT2D eigenvalue weighted by molar-refractivity contribution is -0.148. The molecule has 0 saturated carbocycles. The molecule has 0 aliphatic carbocycles. The highest BCUT2D eigenvalue weighted by Gasteiger charge is 2.38. The van der Waals surface area contributed by atoms with E-state index in [0.29, 0.717) is 18.7 Å². The molecule has 2 aromatic heterocycles. The number of carbonyl (C=O) groups is 1. The van der Waals surface area contributed by atoms with Gasteiger partial charge in [0, 0.05) is 44.1 Å². The average Bonchev–Trinajstić information content (AvgIpc) is 3.24. The maximum Gasteiger partial charge on any atom is 0.309 e. The first-order valence-electron chi connectivity index (χ1n) is 13.1. The second-order valence-corrected chi connectivity index (χ2v) is 11.3. The number of ether oxygens (including phenoxy) is 1. The van der Waals surface area contributed by atoms with E-state index in [-0.39, 0.29) is 11.5 Å². The normalized spacial score (nSPS) is 16.5. The summed E-state index contributed by atoms with van der Waals surface area (Å²) >= 11 is 0. The van der Waals surface area contributed by atoms with Crippen LogP contribution in [0.15, 0.2) is 42.7 Å². The van der Waals surface area contributed by atoms with Crippen molar-refractivity contribution in [3.63, 3.8) is 0 Å². The third kappa shape index (κ3) is 6.18. The molecule has 3 aromatic rings. The first-order chi connectivity index (χ1) is 17.5. The summed E-state index contributed by atoms with van der Waals surface area (Å²) in [5.74, 6) is -0.277. The molecule has 0 amide bonds. The fourth-order valence-electron chi connectivity index (χ4n) is 5.19. The molecule has 8 nitrogen and oxygen atoms in total. The van der Waals surface area contributed by atoms with E-state index in [2.05, 4.69) is 65.2 Å². The lowest BCUT2D eigenvalue weighted by Gasteiger charge is -2.32. The SMILES string of the molecule is CCn1cc(CCC(c2ccc(C)c(CN3Cc4cccnc4OC(C)(C)C3)c2)C(C)(C)C(=O)O)nn1. The summed E-state index contributed by atoms with van der Waals surface area (Å²) in [6.07, 6.45) is 5.06. The Morgan fingerprint density at radius 3 is 2.76 bits per heavy atom. The van der Waals surface area contributed by atoms with Crippen molar-refractivity contribution in [1.29, 1.82) is 0 Å². The molecule has 1 unspecified atom stereocenters. The van der Waals surface area contributed by atoms with Crippen LogP contribution < -0.4 is 4.74 Å². The fourth-order valence-corrected chi connectivity index (χ4v) is 5.19. The van der Waals surface area contributed by atoms with E-state index in [1.807, 2.05) is 33.0 Å². The van der Waals surface area contributed by atoms with Crippen molar-refractivity contribution in [2.45, 2.75) is 85.5 Å². The van der Waals surface area contributed by atoms with Crippen molar-refractivity contribution in [1.82, 2.24) is 24.9 Å². The number of pyridine rings is 1. The summed E-state index contributed by atoms with van der Waals surface area (Å²) in [6.45, 7) is 15.0. The molecule has 1 N–H and O–H groups in total. The molecule has 1 atom stereocenters. The van der Waals surface area contributed by atoms with E-state index < -0.39 is 11.4 Å². The lowest BCUT2D eigenvalue weighted by atomic mass is 9.72. The van der Waals surface area contributed by atoms with E-state index in [1.165, 1.54) is 11.1 Å². The third-order valence-corrected chi connectivity index (χ3v) is 7.41. The summed E-state index contributed by atoms with van der Waals surface area (Å²) in [4.78, 5) is 19.2. The molecule has 8 heteroatoms. The Balaban J connectivity index is 1.61. The van der Waals surface area contributed by atoms with E-state index in [4.69, 9.17) is 4.74 Å². The average molecular weight is 506 g/mol. The van der Waals surface area contributed by atoms with Gasteiger partial charge in [0.25, 0.3) is 0 Å². The zero-order chi connectivity index (χ0) is 26.8. The van der Waals surface area contributed by atoms with Gasteiger partial charge < -0.3 is 9.84 Å². The number of carboxylic acid groups (broad SMARTS) is 1. The highest BCUT2D eigenvalue weighted by atomic mass is 16.5. The Bertz CT molecular complexity index is 1250. The molecule has 0 fully saturated rings. The topological polar surface area (TPSA) is 93.4 Å². The second-order valence-electron chi connectivity index (χ2n) is 11.3. The van der Waals surface area contributed by atoms with Gasteiger partial charge in [0.15, 0.2) is 0 Å². The van der Waals surface area contributed by atoms with Crippen LogP contribution in [0.1, 0.15) is 74.9 Å². The molecule has 0 radical (unpaired) electrons. The van der Waals surface area contributed by atoms with Gasteiger partial charge in [-0.05, 0) is 83.1 Å². The van der Waals surface area contributed by atoms with Gasteiger partial charge in [0.1, 0.15) is 5.60 Å². The zero-order valence-corrected chi connectivity index (χ0v) is 22.9. The number of hydrogen-bond acceptors (Lipinski definition) is 6. The van der Waals surface area contributed by atoms with E-state index in [0.717, 1.165) is 43.0 Å². The zero-order valence-electron chi connectivity index (χ0n) is 22.9. The highest BCUT2D eigenvalue weighted by molar-refractivity contribution is 5.75. The van der Waals surface area contributed by atoms with Gasteiger partial charge in [0.05, 0.1) is 11.1 Å². The van der Waals surface area contributed by atoms with Crippen LogP contribution >= 0.6 is 0 Å². The third-order valence-electron chi connectivity index (χ3n) is 7.41. The van der Waals surface area contributed by atoms with Crippen LogP contribution in [-0.4, -0.2) is 48.1 Å². The van der Waals surface area contributed by atoms with Crippen molar-refractivity contribution in [2.24, 2.45) is 5.41 Å². The fraction of sp³-hybridized carbons (Fsp3) is 0.517. The Morgan fingerprint density at radius 1 is 1.27 bits per heavy atom. The number of fused-ring (bicyclic) bond motifs is 1. The summed E-state index contributed by atoms with van der Waals surface area (Å²) < 4.78 is 8.03. The smallest absolute Gasteiger partial charge is 0.309 e. The minimum atomic E-state index is -0.934. The van der Waals surface area contributed by atoms with Gasteiger partial charge >= 0.3 is 5.97 Å². The number of aliphatic carboxylic acids is 1. The Morgan fingerprint density at radius 2 is 2.05 bits per heavy atom. The molecule has 1 aromatic carbocycles. The summed E-state index contributed by atoms with van der Waals surface area (Å²) in [6, 6.07) is 10.4. The van der Waals surface area contributed by atoms with E-state index in [1.54, 1.807) is 10.9 Å². The molecule has 4 rings (SSSR count). The molecule has 1 aliphatic heterocycles. The lowest BCUT2D eigenvalue weighted by Crippen LogP contribution is -2.40. The number of aryl methyl sites for hydroxylation is 3. The summed E-state index contributed by atoms with van der Waals surface area (Å²) in [5, 5.41) is 18.5. The maximum absolute atomic E-state index is 12.3. The van der Waals surface area contributed by atoms with Gasteiger partial charge in [-0.25, -0.2) is 4.98 Å². The van der Waals surface area contributed by atoms with Crippen molar-refractivity contribution in [3.8, 4) is 5.88 Å². The Kier molecular flexibility index (Phi) is 7.69. The van der Waals surface area contributed by atoms with E-state index in [9.17, 15) is 9.90 Å². The maximum atomic E-state index is 12.3. The number of aromatic nitrogens is 4. The minimum absolute atomic E-state index is 0.176. The molecule has 37 heavy (non-hydrogen) atoms. The van der Waals surface area contributed by atoms with E-state index >= 15 is 0 Å². The van der Waals surface area contributed by atoms with Crippen LogP contribution in [0.5, 0.6) is 5.88 Å². The van der Waals surface area contributed by atoms with Crippen LogP contribution in [0.2, 0.25) is 0 Å². The second kappa shape index (κ2) is 10.6. The van der Waals surface area contributed by atoms with Crippen LogP contribution in [0.3, 0.4) is 0 Å². The van der Waals surface area contributed by atoms with Gasteiger partial charge in [-0.3, -0.25) is 14.4 Å². The molecule has 0 bridgehead atoms. The number of rotatable bonds is 9. The quantitative estimate of drug-likeness (QED) is 0.437. The largest absolute Gasteiger partial charge is 0.481 e. The minimum Gasteiger partial charge on any atom is -0.481 e.